The number of nitrogens with one attached hydrogen (secondary N) is 3. The number of anilines is 1. The Labute approximate surface area is 312 Å². The fraction of sp³-hybridized carbons (Fsp3) is 0.591. The second kappa shape index (κ2) is 21.2. The molecule has 0 bridgehead atoms. The van der Waals surface area contributed by atoms with E-state index in [0.29, 0.717) is 12.3 Å². The summed E-state index contributed by atoms with van der Waals surface area (Å²) in [5.74, 6) is 6.75. The molecule has 2 aromatic heterocycles. The van der Waals surface area contributed by atoms with E-state index in [1.54, 1.807) is 23.9 Å². The first kappa shape index (κ1) is 45.2. The average Bonchev–Trinajstić information content (AvgIpc) is 3.59. The van der Waals surface area contributed by atoms with Crippen LogP contribution in [0.1, 0.15) is 18.2 Å². The third-order valence-electron chi connectivity index (χ3n) is 6.11. The first-order valence-corrected chi connectivity index (χ1v) is 24.3. The molecule has 1 aliphatic rings. The predicted molar refractivity (Wildman–Crippen MR) is 197 cm³/mol. The number of hydrogen-bond acceptors (Lipinski definition) is 19. The largest absolute Gasteiger partial charge is 0.490 e. The van der Waals surface area contributed by atoms with Gasteiger partial charge in [0.05, 0.1) is 30.2 Å². The molecule has 30 heteroatoms. The number of hydrogen-bond donors (Lipinski definition) is 9. The first-order valence-electron chi connectivity index (χ1n) is 14.6. The zero-order valence-electron chi connectivity index (χ0n) is 27.2. The van der Waals surface area contributed by atoms with Crippen molar-refractivity contribution in [3.8, 4) is 11.8 Å². The predicted octanol–water partition coefficient (Wildman–Crippen LogP) is 1.45. The highest BCUT2D eigenvalue weighted by atomic mass is 33.1. The van der Waals surface area contributed by atoms with Crippen LogP contribution in [-0.4, -0.2) is 114 Å². The Hall–Kier alpha value is -1.24. The molecule has 3 rings (SSSR count). The topological polar surface area (TPSA) is 326 Å². The first-order chi connectivity index (χ1) is 24.4. The van der Waals surface area contributed by atoms with Crippen LogP contribution in [-0.2, 0) is 41.1 Å². The van der Waals surface area contributed by atoms with E-state index in [4.69, 9.17) is 39.3 Å². The van der Waals surface area contributed by atoms with E-state index in [1.807, 2.05) is 0 Å². The van der Waals surface area contributed by atoms with Crippen LogP contribution in [0.15, 0.2) is 11.0 Å². The fourth-order valence-corrected chi connectivity index (χ4v) is 9.78. The standard InChI is InChI=1S/C22H36BN6O16P3S4/c1-23(32)26-6-8-50-51-9-7-40-22(31)25-5-3-4-14-11-29(19-18(14)20(30)28-21(24)27-19)17-10-15(41-13-52-49-2)16(43-17)12-42-47(36,37)45-48(38,39)44-46(33,34)35/h11,15-17,26,32H,5-10,12-13H2,1-2H3,(H,25,31)(H,36,37)(H,38,39)(H2,33,34,35)(H3,24,27,28,30)/t15-,16-,17-/m1/s1. The summed E-state index contributed by atoms with van der Waals surface area (Å²) in [6, 6.07) is 0. The van der Waals surface area contributed by atoms with Crippen molar-refractivity contribution in [1.82, 2.24) is 25.1 Å². The zero-order valence-corrected chi connectivity index (χ0v) is 33.2. The molecule has 2 unspecified atom stereocenters. The van der Waals surface area contributed by atoms with Crippen LogP contribution in [0.5, 0.6) is 0 Å². The van der Waals surface area contributed by atoms with Gasteiger partial charge in [-0.2, -0.15) is 13.6 Å². The van der Waals surface area contributed by atoms with Gasteiger partial charge in [0.25, 0.3) is 5.56 Å². The number of phosphoric acid groups is 3. The maximum atomic E-state index is 12.9. The second-order valence-corrected chi connectivity index (χ2v) is 19.7. The minimum absolute atomic E-state index is 0.0400. The Bertz CT molecular complexity index is 1780. The number of carbonyl (C=O) groups excluding carboxylic acids is 1. The Morgan fingerprint density at radius 2 is 1.92 bits per heavy atom. The number of phosphoric ester groups is 1. The quantitative estimate of drug-likeness (QED) is 0.0214. The van der Waals surface area contributed by atoms with Crippen LogP contribution in [0.25, 0.3) is 11.0 Å². The number of ether oxygens (including phenoxy) is 3. The van der Waals surface area contributed by atoms with Gasteiger partial charge in [-0.15, -0.1) is 0 Å². The number of aromatic nitrogens is 3. The monoisotopic (exact) mass is 872 g/mol. The van der Waals surface area contributed by atoms with Crippen LogP contribution in [0, 0.1) is 11.8 Å². The Kier molecular flexibility index (Phi) is 18.4. The number of H-pyrrole nitrogens is 1. The van der Waals surface area contributed by atoms with Gasteiger partial charge in [0.15, 0.2) is 5.65 Å². The molecule has 3 heterocycles. The number of aromatic amines is 1. The number of alkyl carbamates (subject to hydrolysis) is 1. The number of carbonyl (C=O) groups is 1. The summed E-state index contributed by atoms with van der Waals surface area (Å²) >= 11 is 0. The van der Waals surface area contributed by atoms with Crippen molar-refractivity contribution in [3.63, 3.8) is 0 Å². The van der Waals surface area contributed by atoms with Crippen molar-refractivity contribution in [3.05, 3.63) is 22.1 Å². The van der Waals surface area contributed by atoms with Gasteiger partial charge < -0.3 is 59.7 Å². The molecule has 2 aromatic rings. The molecule has 22 nitrogen and oxygen atoms in total. The number of nitrogen functional groups attached to an aromatic ring is 1. The van der Waals surface area contributed by atoms with Crippen molar-refractivity contribution in [1.29, 1.82) is 0 Å². The Morgan fingerprint density at radius 3 is 2.62 bits per heavy atom. The average molecular weight is 873 g/mol. The zero-order chi connectivity index (χ0) is 38.5. The second-order valence-electron chi connectivity index (χ2n) is 10.0. The normalized spacial score (nSPS) is 19.8. The lowest BCUT2D eigenvalue weighted by molar-refractivity contribution is -0.0520. The summed E-state index contributed by atoms with van der Waals surface area (Å²) in [6.45, 7) is 1.50. The van der Waals surface area contributed by atoms with Gasteiger partial charge in [-0.05, 0) is 19.6 Å². The molecule has 0 aliphatic carbocycles. The van der Waals surface area contributed by atoms with Crippen molar-refractivity contribution in [2.45, 2.75) is 31.7 Å². The summed E-state index contributed by atoms with van der Waals surface area (Å²) in [5.41, 5.74) is 5.43. The Balaban J connectivity index is 1.69. The van der Waals surface area contributed by atoms with Gasteiger partial charge in [0.2, 0.25) is 5.95 Å². The smallest absolute Gasteiger partial charge is 0.449 e. The lowest BCUT2D eigenvalue weighted by atomic mass is 9.89. The highest BCUT2D eigenvalue weighted by Crippen LogP contribution is 2.66. The summed E-state index contributed by atoms with van der Waals surface area (Å²) in [7, 11) is -11.6. The SMILES string of the molecule is CSSCO[C@@H]1C[C@H](n2cc(C#CCNC(=O)OCCSSCCNB(C)O)c3c(=O)[nH]c(N)nc32)O[C@@H]1COP(=O)(O)OP(=O)(O)OP(=O)(O)O. The maximum Gasteiger partial charge on any atom is 0.490 e. The fourth-order valence-electron chi connectivity index (χ4n) is 4.22. The number of nitrogens with two attached hydrogens (primary N) is 1. The van der Waals surface area contributed by atoms with Crippen LogP contribution < -0.4 is 21.8 Å². The van der Waals surface area contributed by atoms with Crippen molar-refractivity contribution < 1.29 is 70.4 Å². The van der Waals surface area contributed by atoms with Gasteiger partial charge in [-0.1, -0.05) is 55.0 Å². The molecule has 1 aliphatic heterocycles. The minimum atomic E-state index is -5.75. The van der Waals surface area contributed by atoms with E-state index in [1.165, 1.54) is 43.1 Å². The molecule has 1 amide bonds. The lowest BCUT2D eigenvalue weighted by Crippen LogP contribution is -2.32. The summed E-state index contributed by atoms with van der Waals surface area (Å²) in [5, 5.41) is 14.6. The summed E-state index contributed by atoms with van der Waals surface area (Å²) in [6.07, 6.45) is -0.301. The number of fused-ring (bicyclic) bond motifs is 1. The third kappa shape index (κ3) is 15.9. The molecule has 0 aromatic carbocycles. The maximum absolute atomic E-state index is 12.9. The van der Waals surface area contributed by atoms with Crippen molar-refractivity contribution in [2.75, 3.05) is 55.7 Å². The number of nitrogens with zero attached hydrogens (tertiary/aromatic N) is 2. The minimum Gasteiger partial charge on any atom is -0.449 e. The molecule has 0 saturated carbocycles. The van der Waals surface area contributed by atoms with Gasteiger partial charge in [-0.25, -0.2) is 18.5 Å². The van der Waals surface area contributed by atoms with Crippen molar-refractivity contribution in [2.24, 2.45) is 0 Å². The molecule has 5 atom stereocenters. The van der Waals surface area contributed by atoms with E-state index in [2.05, 4.69) is 41.0 Å². The van der Waals surface area contributed by atoms with E-state index >= 15 is 0 Å². The highest BCUT2D eigenvalue weighted by Gasteiger charge is 2.43. The van der Waals surface area contributed by atoms with Crippen LogP contribution in [0.2, 0.25) is 6.82 Å². The molecule has 10 N–H and O–H groups in total. The molecule has 1 saturated heterocycles. The molecular weight excluding hydrogens is 836 g/mol. The number of rotatable bonds is 21. The summed E-state index contributed by atoms with van der Waals surface area (Å²) < 4.78 is 65.7. The molecule has 0 spiro atoms. The van der Waals surface area contributed by atoms with E-state index < -0.39 is 67.2 Å². The van der Waals surface area contributed by atoms with Gasteiger partial charge >= 0.3 is 36.6 Å². The van der Waals surface area contributed by atoms with Crippen molar-refractivity contribution >= 4 is 96.8 Å². The van der Waals surface area contributed by atoms with Crippen LogP contribution in [0.4, 0.5) is 10.7 Å². The highest BCUT2D eigenvalue weighted by molar-refractivity contribution is 8.76. The number of amides is 1. The van der Waals surface area contributed by atoms with Crippen LogP contribution >= 0.6 is 66.6 Å². The lowest BCUT2D eigenvalue weighted by Gasteiger charge is -2.21. The van der Waals surface area contributed by atoms with E-state index in [9.17, 15) is 33.1 Å². The molecular formula is C22H36BN6O16P3S4. The van der Waals surface area contributed by atoms with E-state index in [0.717, 1.165) is 5.75 Å². The Morgan fingerprint density at radius 1 is 1.19 bits per heavy atom. The van der Waals surface area contributed by atoms with Gasteiger partial charge in [-0.3, -0.25) is 14.3 Å². The van der Waals surface area contributed by atoms with Crippen LogP contribution in [0.3, 0.4) is 0 Å². The molecule has 1 fully saturated rings. The molecule has 292 valence electrons. The third-order valence-corrected chi connectivity index (χ3v) is 13.7. The van der Waals surface area contributed by atoms with E-state index in [-0.39, 0.29) is 48.1 Å². The summed E-state index contributed by atoms with van der Waals surface area (Å²) in [4.78, 5) is 68.5. The molecule has 52 heavy (non-hydrogen) atoms. The van der Waals surface area contributed by atoms with Gasteiger partial charge in [0, 0.05) is 24.1 Å². The molecule has 0 radical (unpaired) electrons. The van der Waals surface area contributed by atoms with Gasteiger partial charge in [0.1, 0.15) is 24.9 Å².